The number of halogens is 2. The van der Waals surface area contributed by atoms with E-state index in [0.29, 0.717) is 23.1 Å². The van der Waals surface area contributed by atoms with E-state index in [9.17, 15) is 13.6 Å². The topological polar surface area (TPSA) is 76.4 Å². The summed E-state index contributed by atoms with van der Waals surface area (Å²) in [6.45, 7) is 0.790. The summed E-state index contributed by atoms with van der Waals surface area (Å²) in [5.41, 5.74) is 4.34. The van der Waals surface area contributed by atoms with Crippen molar-refractivity contribution in [1.82, 2.24) is 15.0 Å². The molecule has 8 heteroatoms. The lowest BCUT2D eigenvalue weighted by Crippen LogP contribution is -2.19. The molecule has 2 aromatic carbocycles. The Balaban J connectivity index is 1.66. The van der Waals surface area contributed by atoms with Gasteiger partial charge in [-0.15, -0.1) is 0 Å². The molecule has 0 aliphatic heterocycles. The van der Waals surface area contributed by atoms with Crippen molar-refractivity contribution in [3.05, 3.63) is 101 Å². The molecule has 1 amide bonds. The Hall–Kier alpha value is -3.62. The summed E-state index contributed by atoms with van der Waals surface area (Å²) in [7, 11) is 0. The third kappa shape index (κ3) is 4.60. The van der Waals surface area contributed by atoms with Crippen molar-refractivity contribution in [1.29, 1.82) is 0 Å². The summed E-state index contributed by atoms with van der Waals surface area (Å²) in [4.78, 5) is 15.9. The zero-order valence-electron chi connectivity index (χ0n) is 16.4. The molecule has 0 unspecified atom stereocenters. The quantitative estimate of drug-likeness (QED) is 0.345. The van der Waals surface area contributed by atoms with E-state index in [4.69, 9.17) is 9.94 Å². The minimum absolute atomic E-state index is 0.0324. The Bertz CT molecular complexity index is 1230. The summed E-state index contributed by atoms with van der Waals surface area (Å²) in [5, 5.41) is 9.59. The molecule has 0 aliphatic rings. The fourth-order valence-corrected chi connectivity index (χ4v) is 3.38. The molecule has 0 saturated heterocycles. The van der Waals surface area contributed by atoms with Crippen LogP contribution in [0.1, 0.15) is 27.2 Å². The molecule has 158 valence electrons. The van der Waals surface area contributed by atoms with Gasteiger partial charge in [-0.2, -0.15) is 0 Å². The number of carbonyl (C=O) groups is 1. The van der Waals surface area contributed by atoms with Crippen molar-refractivity contribution in [2.24, 2.45) is 0 Å². The van der Waals surface area contributed by atoms with Gasteiger partial charge in [0.25, 0.3) is 5.91 Å². The first-order valence-electron chi connectivity index (χ1n) is 9.53. The van der Waals surface area contributed by atoms with E-state index < -0.39 is 17.5 Å². The molecule has 2 aromatic heterocycles. The highest BCUT2D eigenvalue weighted by Crippen LogP contribution is 2.25. The van der Waals surface area contributed by atoms with Crippen molar-refractivity contribution >= 4 is 16.8 Å². The van der Waals surface area contributed by atoms with Crippen LogP contribution >= 0.6 is 0 Å². The number of hydrogen-bond acceptors (Lipinski definition) is 4. The van der Waals surface area contributed by atoms with Crippen LogP contribution in [0.5, 0.6) is 0 Å². The second kappa shape index (κ2) is 9.03. The van der Waals surface area contributed by atoms with Crippen molar-refractivity contribution in [2.45, 2.75) is 19.8 Å². The number of nitrogens with zero attached hydrogens (tertiary/aromatic N) is 2. The largest absolute Gasteiger partial charge is 0.372 e. The fourth-order valence-electron chi connectivity index (χ4n) is 3.38. The van der Waals surface area contributed by atoms with Gasteiger partial charge in [-0.25, -0.2) is 19.2 Å². The van der Waals surface area contributed by atoms with Crippen LogP contribution in [-0.4, -0.2) is 20.7 Å². The lowest BCUT2D eigenvalue weighted by Gasteiger charge is -2.07. The highest BCUT2D eigenvalue weighted by molar-refractivity contribution is 5.96. The first kappa shape index (κ1) is 20.6. The van der Waals surface area contributed by atoms with E-state index in [0.717, 1.165) is 17.2 Å². The summed E-state index contributed by atoms with van der Waals surface area (Å²) < 4.78 is 35.0. The minimum Gasteiger partial charge on any atom is -0.372 e. The third-order valence-corrected chi connectivity index (χ3v) is 4.91. The summed E-state index contributed by atoms with van der Waals surface area (Å²) in [5.74, 6) is -2.03. The Morgan fingerprint density at radius 1 is 1.06 bits per heavy atom. The van der Waals surface area contributed by atoms with Crippen LogP contribution in [0.4, 0.5) is 8.78 Å². The molecule has 2 N–H and O–H groups in total. The molecule has 4 rings (SSSR count). The van der Waals surface area contributed by atoms with Crippen LogP contribution in [0.15, 0.2) is 67.0 Å². The van der Waals surface area contributed by atoms with Gasteiger partial charge in [0, 0.05) is 28.8 Å². The summed E-state index contributed by atoms with van der Waals surface area (Å²) in [6.07, 6.45) is 3.27. The Morgan fingerprint density at radius 2 is 1.87 bits per heavy atom. The van der Waals surface area contributed by atoms with Crippen LogP contribution in [0, 0.1) is 11.6 Å². The molecule has 0 saturated carbocycles. The van der Waals surface area contributed by atoms with Gasteiger partial charge in [0.15, 0.2) is 0 Å². The Kier molecular flexibility index (Phi) is 6.01. The SMILES string of the molecule is O=C(NO)c1cc2c(COCc3ccccc3)cn(Cc3ccc(F)cc3F)c2cn1. The second-order valence-corrected chi connectivity index (χ2v) is 7.02. The van der Waals surface area contributed by atoms with Gasteiger partial charge in [0.2, 0.25) is 0 Å². The highest BCUT2D eigenvalue weighted by atomic mass is 19.1. The number of ether oxygens (including phenoxy) is 1. The number of nitrogens with one attached hydrogen (secondary N) is 1. The van der Waals surface area contributed by atoms with Gasteiger partial charge < -0.3 is 9.30 Å². The molecule has 0 fully saturated rings. The molecule has 2 heterocycles. The summed E-state index contributed by atoms with van der Waals surface area (Å²) in [6, 6.07) is 14.7. The molecule has 6 nitrogen and oxygen atoms in total. The lowest BCUT2D eigenvalue weighted by atomic mass is 10.2. The van der Waals surface area contributed by atoms with Crippen molar-refractivity contribution < 1.29 is 23.5 Å². The lowest BCUT2D eigenvalue weighted by molar-refractivity contribution is 0.0701. The molecule has 0 aliphatic carbocycles. The number of rotatable bonds is 7. The van der Waals surface area contributed by atoms with Crippen LogP contribution in [0.2, 0.25) is 0 Å². The average molecular weight is 423 g/mol. The highest BCUT2D eigenvalue weighted by Gasteiger charge is 2.15. The van der Waals surface area contributed by atoms with E-state index in [1.165, 1.54) is 18.3 Å². The molecule has 0 atom stereocenters. The maximum absolute atomic E-state index is 14.2. The standard InChI is InChI=1S/C23H19F2N3O3/c24-18-7-6-16(20(25)8-18)11-28-12-17(14-31-13-15-4-2-1-3-5-15)19-9-21(23(29)27-30)26-10-22(19)28/h1-10,12,30H,11,13-14H2,(H,27,29). The second-order valence-electron chi connectivity index (χ2n) is 7.02. The predicted octanol–water partition coefficient (Wildman–Crippen LogP) is 4.20. The number of amides is 1. The van der Waals surface area contributed by atoms with E-state index in [1.54, 1.807) is 22.3 Å². The number of hydrogen-bond donors (Lipinski definition) is 2. The molecule has 31 heavy (non-hydrogen) atoms. The van der Waals surface area contributed by atoms with Crippen molar-refractivity contribution in [2.75, 3.05) is 0 Å². The normalized spacial score (nSPS) is 11.1. The molecule has 0 spiro atoms. The zero-order valence-corrected chi connectivity index (χ0v) is 16.4. The summed E-state index contributed by atoms with van der Waals surface area (Å²) >= 11 is 0. The minimum atomic E-state index is -0.740. The van der Waals surface area contributed by atoms with Crippen molar-refractivity contribution in [3.8, 4) is 0 Å². The fraction of sp³-hybridized carbons (Fsp3) is 0.130. The number of aromatic nitrogens is 2. The molecular weight excluding hydrogens is 404 g/mol. The number of pyridine rings is 1. The average Bonchev–Trinajstić information content (AvgIpc) is 3.12. The number of benzene rings is 2. The van der Waals surface area contributed by atoms with Gasteiger partial charge in [-0.05, 0) is 17.7 Å². The maximum atomic E-state index is 14.2. The van der Waals surface area contributed by atoms with Gasteiger partial charge >= 0.3 is 0 Å². The molecule has 0 bridgehead atoms. The number of fused-ring (bicyclic) bond motifs is 1. The van der Waals surface area contributed by atoms with Crippen LogP contribution < -0.4 is 5.48 Å². The van der Waals surface area contributed by atoms with Crippen LogP contribution in [-0.2, 0) is 24.5 Å². The van der Waals surface area contributed by atoms with Gasteiger partial charge in [-0.1, -0.05) is 36.4 Å². The van der Waals surface area contributed by atoms with Crippen molar-refractivity contribution in [3.63, 3.8) is 0 Å². The molecule has 0 radical (unpaired) electrons. The Labute approximate surface area is 176 Å². The van der Waals surface area contributed by atoms with Gasteiger partial charge in [-0.3, -0.25) is 10.0 Å². The number of hydroxylamine groups is 1. The maximum Gasteiger partial charge on any atom is 0.293 e. The first-order valence-corrected chi connectivity index (χ1v) is 9.53. The smallest absolute Gasteiger partial charge is 0.293 e. The van der Waals surface area contributed by atoms with E-state index in [2.05, 4.69) is 4.98 Å². The van der Waals surface area contributed by atoms with Gasteiger partial charge in [0.1, 0.15) is 17.3 Å². The van der Waals surface area contributed by atoms with Crippen LogP contribution in [0.3, 0.4) is 0 Å². The van der Waals surface area contributed by atoms with Crippen LogP contribution in [0.25, 0.3) is 10.9 Å². The van der Waals surface area contributed by atoms with E-state index in [1.807, 2.05) is 30.3 Å². The predicted molar refractivity (Wildman–Crippen MR) is 109 cm³/mol. The van der Waals surface area contributed by atoms with Gasteiger partial charge in [0.05, 0.1) is 31.5 Å². The molecular formula is C23H19F2N3O3. The van der Waals surface area contributed by atoms with E-state index >= 15 is 0 Å². The molecule has 4 aromatic rings. The number of carbonyl (C=O) groups excluding carboxylic acids is 1. The first-order chi connectivity index (χ1) is 15.0. The Morgan fingerprint density at radius 3 is 2.61 bits per heavy atom. The van der Waals surface area contributed by atoms with E-state index in [-0.39, 0.29) is 18.8 Å². The zero-order chi connectivity index (χ0) is 21.8. The third-order valence-electron chi connectivity index (χ3n) is 4.91. The monoisotopic (exact) mass is 423 g/mol.